The van der Waals surface area contributed by atoms with Gasteiger partial charge in [-0.05, 0) is 30.2 Å². The summed E-state index contributed by atoms with van der Waals surface area (Å²) >= 11 is 0. The molecular formula is C20H24N2O3. The smallest absolute Gasteiger partial charge is 0.226 e. The zero-order chi connectivity index (χ0) is 18.1. The van der Waals surface area contributed by atoms with Crippen molar-refractivity contribution < 1.29 is 14.3 Å². The Morgan fingerprint density at radius 3 is 2.36 bits per heavy atom. The van der Waals surface area contributed by atoms with Gasteiger partial charge in [0.2, 0.25) is 11.8 Å². The van der Waals surface area contributed by atoms with Crippen LogP contribution in [0.2, 0.25) is 0 Å². The van der Waals surface area contributed by atoms with Crippen LogP contribution in [0, 0.1) is 0 Å². The molecule has 2 amide bonds. The third-order valence-corrected chi connectivity index (χ3v) is 3.96. The zero-order valence-corrected chi connectivity index (χ0v) is 14.7. The van der Waals surface area contributed by atoms with E-state index in [1.165, 1.54) is 6.92 Å². The summed E-state index contributed by atoms with van der Waals surface area (Å²) in [5.74, 6) is 0.671. The van der Waals surface area contributed by atoms with Crippen molar-refractivity contribution in [1.29, 1.82) is 0 Å². The van der Waals surface area contributed by atoms with E-state index >= 15 is 0 Å². The SMILES string of the molecule is COc1ccccc1CCN(CCC(=O)Nc1ccccc1)C(C)=O. The first-order valence-corrected chi connectivity index (χ1v) is 8.32. The average Bonchev–Trinajstić information content (AvgIpc) is 2.62. The molecule has 5 nitrogen and oxygen atoms in total. The topological polar surface area (TPSA) is 58.6 Å². The molecule has 0 aromatic heterocycles. The highest BCUT2D eigenvalue weighted by Crippen LogP contribution is 2.18. The number of methoxy groups -OCH3 is 1. The molecule has 0 spiro atoms. The molecule has 0 saturated heterocycles. The fourth-order valence-corrected chi connectivity index (χ4v) is 2.57. The van der Waals surface area contributed by atoms with Crippen molar-refractivity contribution in [2.45, 2.75) is 19.8 Å². The summed E-state index contributed by atoms with van der Waals surface area (Å²) in [6.45, 7) is 2.47. The lowest BCUT2D eigenvalue weighted by Gasteiger charge is -2.21. The van der Waals surface area contributed by atoms with Gasteiger partial charge in [0.25, 0.3) is 0 Å². The monoisotopic (exact) mass is 340 g/mol. The zero-order valence-electron chi connectivity index (χ0n) is 14.7. The van der Waals surface area contributed by atoms with Gasteiger partial charge in [-0.15, -0.1) is 0 Å². The predicted octanol–water partition coefficient (Wildman–Crippen LogP) is 3.12. The largest absolute Gasteiger partial charge is 0.496 e. The van der Waals surface area contributed by atoms with Crippen molar-refractivity contribution in [2.75, 3.05) is 25.5 Å². The van der Waals surface area contributed by atoms with Gasteiger partial charge >= 0.3 is 0 Å². The van der Waals surface area contributed by atoms with E-state index in [2.05, 4.69) is 5.32 Å². The van der Waals surface area contributed by atoms with Gasteiger partial charge < -0.3 is 15.0 Å². The summed E-state index contributed by atoms with van der Waals surface area (Å²) < 4.78 is 5.34. The third-order valence-electron chi connectivity index (χ3n) is 3.96. The number of carbonyl (C=O) groups excluding carboxylic acids is 2. The van der Waals surface area contributed by atoms with Crippen LogP contribution in [0.15, 0.2) is 54.6 Å². The molecular weight excluding hydrogens is 316 g/mol. The number of hydrogen-bond acceptors (Lipinski definition) is 3. The van der Waals surface area contributed by atoms with Crippen LogP contribution in [-0.2, 0) is 16.0 Å². The fraction of sp³-hybridized carbons (Fsp3) is 0.300. The molecule has 2 aromatic rings. The van der Waals surface area contributed by atoms with E-state index in [1.807, 2.05) is 54.6 Å². The summed E-state index contributed by atoms with van der Waals surface area (Å²) in [5.41, 5.74) is 1.81. The molecule has 2 rings (SSSR count). The van der Waals surface area contributed by atoms with E-state index in [0.717, 1.165) is 17.0 Å². The summed E-state index contributed by atoms with van der Waals surface area (Å²) in [6.07, 6.45) is 0.949. The molecule has 0 unspecified atom stereocenters. The first-order chi connectivity index (χ1) is 12.1. The number of nitrogens with one attached hydrogen (secondary N) is 1. The molecule has 0 radical (unpaired) electrons. The minimum absolute atomic E-state index is 0.0394. The summed E-state index contributed by atoms with van der Waals surface area (Å²) in [7, 11) is 1.63. The molecule has 132 valence electrons. The molecule has 2 aromatic carbocycles. The highest BCUT2D eigenvalue weighted by atomic mass is 16.5. The van der Waals surface area contributed by atoms with Crippen LogP contribution in [0.3, 0.4) is 0 Å². The van der Waals surface area contributed by atoms with Crippen molar-refractivity contribution in [3.8, 4) is 5.75 Å². The molecule has 0 aliphatic carbocycles. The van der Waals surface area contributed by atoms with E-state index in [4.69, 9.17) is 4.74 Å². The Hall–Kier alpha value is -2.82. The van der Waals surface area contributed by atoms with E-state index in [9.17, 15) is 9.59 Å². The Balaban J connectivity index is 1.86. The number of nitrogens with zero attached hydrogens (tertiary/aromatic N) is 1. The van der Waals surface area contributed by atoms with Gasteiger partial charge in [0.1, 0.15) is 5.75 Å². The minimum Gasteiger partial charge on any atom is -0.496 e. The lowest BCUT2D eigenvalue weighted by molar-refractivity contribution is -0.129. The first kappa shape index (κ1) is 18.5. The second-order valence-electron chi connectivity index (χ2n) is 5.73. The van der Waals surface area contributed by atoms with Crippen LogP contribution in [0.1, 0.15) is 18.9 Å². The van der Waals surface area contributed by atoms with Crippen molar-refractivity contribution in [1.82, 2.24) is 4.90 Å². The van der Waals surface area contributed by atoms with Crippen LogP contribution in [0.5, 0.6) is 5.75 Å². The van der Waals surface area contributed by atoms with Crippen LogP contribution in [0.4, 0.5) is 5.69 Å². The van der Waals surface area contributed by atoms with Crippen molar-refractivity contribution in [3.05, 3.63) is 60.2 Å². The minimum atomic E-state index is -0.102. The number of benzene rings is 2. The van der Waals surface area contributed by atoms with Gasteiger partial charge in [-0.2, -0.15) is 0 Å². The number of carbonyl (C=O) groups is 2. The summed E-state index contributed by atoms with van der Waals surface area (Å²) in [5, 5.41) is 2.83. The fourth-order valence-electron chi connectivity index (χ4n) is 2.57. The van der Waals surface area contributed by atoms with Gasteiger partial charge in [-0.1, -0.05) is 36.4 Å². The highest BCUT2D eigenvalue weighted by Gasteiger charge is 2.12. The van der Waals surface area contributed by atoms with Gasteiger partial charge in [0.05, 0.1) is 7.11 Å². The molecule has 5 heteroatoms. The van der Waals surface area contributed by atoms with Gasteiger partial charge in [0, 0.05) is 32.1 Å². The Morgan fingerprint density at radius 1 is 1.00 bits per heavy atom. The second-order valence-corrected chi connectivity index (χ2v) is 5.73. The highest BCUT2D eigenvalue weighted by molar-refractivity contribution is 5.91. The lowest BCUT2D eigenvalue weighted by Crippen LogP contribution is -2.33. The normalized spacial score (nSPS) is 10.2. The molecule has 0 aliphatic heterocycles. The molecule has 1 N–H and O–H groups in total. The molecule has 0 fully saturated rings. The molecule has 25 heavy (non-hydrogen) atoms. The predicted molar refractivity (Wildman–Crippen MR) is 98.6 cm³/mol. The Labute approximate surface area is 148 Å². The molecule has 0 atom stereocenters. The third kappa shape index (κ3) is 5.95. The maximum absolute atomic E-state index is 12.0. The van der Waals surface area contributed by atoms with Crippen molar-refractivity contribution in [3.63, 3.8) is 0 Å². The van der Waals surface area contributed by atoms with Crippen LogP contribution in [-0.4, -0.2) is 36.9 Å². The number of anilines is 1. The number of ether oxygens (including phenoxy) is 1. The summed E-state index contributed by atoms with van der Waals surface area (Å²) in [6, 6.07) is 17.0. The van der Waals surface area contributed by atoms with Crippen LogP contribution >= 0.6 is 0 Å². The maximum Gasteiger partial charge on any atom is 0.226 e. The first-order valence-electron chi connectivity index (χ1n) is 8.32. The molecule has 0 aliphatic rings. The number of amides is 2. The molecule has 0 heterocycles. The number of rotatable bonds is 8. The lowest BCUT2D eigenvalue weighted by atomic mass is 10.1. The van der Waals surface area contributed by atoms with E-state index in [0.29, 0.717) is 19.5 Å². The van der Waals surface area contributed by atoms with E-state index in [-0.39, 0.29) is 18.2 Å². The van der Waals surface area contributed by atoms with Gasteiger partial charge in [0.15, 0.2) is 0 Å². The molecule has 0 saturated carbocycles. The standard InChI is InChI=1S/C20H24N2O3/c1-16(23)22(14-12-17-8-6-7-11-19(17)25-2)15-13-20(24)21-18-9-4-3-5-10-18/h3-11H,12-15H2,1-2H3,(H,21,24). The van der Waals surface area contributed by atoms with Crippen LogP contribution < -0.4 is 10.1 Å². The maximum atomic E-state index is 12.0. The second kappa shape index (κ2) is 9.47. The Bertz CT molecular complexity index is 701. The Kier molecular flexibility index (Phi) is 7.01. The molecule has 0 bridgehead atoms. The van der Waals surface area contributed by atoms with Gasteiger partial charge in [-0.25, -0.2) is 0 Å². The average molecular weight is 340 g/mol. The number of para-hydroxylation sites is 2. The quantitative estimate of drug-likeness (QED) is 0.803. The van der Waals surface area contributed by atoms with Crippen molar-refractivity contribution in [2.24, 2.45) is 0 Å². The van der Waals surface area contributed by atoms with Gasteiger partial charge in [-0.3, -0.25) is 9.59 Å². The van der Waals surface area contributed by atoms with E-state index < -0.39 is 0 Å². The van der Waals surface area contributed by atoms with Crippen molar-refractivity contribution >= 4 is 17.5 Å². The number of hydrogen-bond donors (Lipinski definition) is 1. The summed E-state index contributed by atoms with van der Waals surface area (Å²) in [4.78, 5) is 25.6. The van der Waals surface area contributed by atoms with E-state index in [1.54, 1.807) is 12.0 Å². The Morgan fingerprint density at radius 2 is 1.68 bits per heavy atom. The van der Waals surface area contributed by atoms with Crippen LogP contribution in [0.25, 0.3) is 0 Å².